The number of rotatable bonds is 4. The van der Waals surface area contributed by atoms with E-state index in [-0.39, 0.29) is 11.7 Å². The first-order valence-electron chi connectivity index (χ1n) is 5.96. The van der Waals surface area contributed by atoms with Gasteiger partial charge in [0.25, 0.3) is 0 Å². The smallest absolute Gasteiger partial charge is 0.227 e. The molecule has 0 unspecified atom stereocenters. The fourth-order valence-corrected chi connectivity index (χ4v) is 3.42. The Bertz CT molecular complexity index is 770. The summed E-state index contributed by atoms with van der Waals surface area (Å²) in [5.74, 6) is -0.0994. The maximum atomic E-state index is 10.9. The minimum Gasteiger partial charge on any atom is -0.369 e. The number of primary amides is 1. The number of hydrogen-bond acceptors (Lipinski definition) is 5. The molecule has 20 heavy (non-hydrogen) atoms. The third kappa shape index (κ3) is 2.66. The summed E-state index contributed by atoms with van der Waals surface area (Å²) in [4.78, 5) is 10.9. The fourth-order valence-electron chi connectivity index (χ4n) is 1.93. The lowest BCUT2D eigenvalue weighted by Crippen LogP contribution is -2.12. The fraction of sp³-hybridized carbons (Fsp3) is 0.0714. The van der Waals surface area contributed by atoms with Crippen molar-refractivity contribution < 1.29 is 4.79 Å². The van der Waals surface area contributed by atoms with E-state index in [1.165, 1.54) is 28.7 Å². The number of hydrogen-bond donors (Lipinski definition) is 1. The Labute approximate surface area is 124 Å². The Hall–Kier alpha value is -1.92. The van der Waals surface area contributed by atoms with Crippen LogP contribution in [0.15, 0.2) is 46.7 Å². The van der Waals surface area contributed by atoms with Gasteiger partial charge in [0, 0.05) is 5.56 Å². The zero-order valence-electron chi connectivity index (χ0n) is 10.4. The van der Waals surface area contributed by atoms with Crippen molar-refractivity contribution >= 4 is 40.0 Å². The van der Waals surface area contributed by atoms with Gasteiger partial charge in [-0.25, -0.2) is 0 Å². The second-order valence-corrected chi connectivity index (χ2v) is 6.22. The van der Waals surface area contributed by atoms with Crippen LogP contribution < -0.4 is 5.73 Å². The Morgan fingerprint density at radius 1 is 1.20 bits per heavy atom. The first-order chi connectivity index (χ1) is 9.74. The van der Waals surface area contributed by atoms with E-state index in [1.54, 1.807) is 0 Å². The molecule has 0 radical (unpaired) electrons. The number of carbonyl (C=O) groups excluding carboxylic acids is 1. The van der Waals surface area contributed by atoms with Crippen LogP contribution in [0.3, 0.4) is 0 Å². The van der Waals surface area contributed by atoms with Gasteiger partial charge in [-0.15, -0.1) is 16.9 Å². The second kappa shape index (κ2) is 5.60. The van der Waals surface area contributed by atoms with Gasteiger partial charge in [-0.05, 0) is 28.4 Å². The summed E-state index contributed by atoms with van der Waals surface area (Å²) in [5.41, 5.74) is 6.99. The average Bonchev–Trinajstić information content (AvgIpc) is 2.93. The highest BCUT2D eigenvalue weighted by Crippen LogP contribution is 2.33. The number of benzene rings is 2. The third-order valence-corrected chi connectivity index (χ3v) is 4.81. The highest BCUT2D eigenvalue weighted by atomic mass is 32.2. The Morgan fingerprint density at radius 3 is 2.80 bits per heavy atom. The van der Waals surface area contributed by atoms with Crippen LogP contribution in [-0.2, 0) is 4.79 Å². The number of carbonyl (C=O) groups is 1. The van der Waals surface area contributed by atoms with E-state index in [0.717, 1.165) is 20.9 Å². The quantitative estimate of drug-likeness (QED) is 0.752. The molecule has 0 aliphatic carbocycles. The van der Waals surface area contributed by atoms with E-state index in [0.29, 0.717) is 0 Å². The van der Waals surface area contributed by atoms with E-state index in [2.05, 4.69) is 33.9 Å². The van der Waals surface area contributed by atoms with Crippen molar-refractivity contribution in [1.82, 2.24) is 9.59 Å². The summed E-state index contributed by atoms with van der Waals surface area (Å²) in [7, 11) is 0. The number of fused-ring (bicyclic) bond motifs is 1. The number of thioether (sulfide) groups is 1. The van der Waals surface area contributed by atoms with Crippen LogP contribution in [-0.4, -0.2) is 21.2 Å². The van der Waals surface area contributed by atoms with E-state index >= 15 is 0 Å². The van der Waals surface area contributed by atoms with Gasteiger partial charge in [-0.3, -0.25) is 4.79 Å². The van der Waals surface area contributed by atoms with Crippen LogP contribution in [0, 0.1) is 0 Å². The summed E-state index contributed by atoms with van der Waals surface area (Å²) in [6.45, 7) is 0. The van der Waals surface area contributed by atoms with Gasteiger partial charge in [0.2, 0.25) is 5.91 Å². The summed E-state index contributed by atoms with van der Waals surface area (Å²) >= 11 is 2.67. The number of nitrogens with two attached hydrogens (primary N) is 1. The van der Waals surface area contributed by atoms with Gasteiger partial charge in [0.15, 0.2) is 0 Å². The molecule has 0 bridgehead atoms. The molecule has 1 aromatic heterocycles. The average molecular weight is 301 g/mol. The first kappa shape index (κ1) is 13.1. The Kier molecular flexibility index (Phi) is 3.66. The Balaban J connectivity index is 1.98. The molecule has 2 N–H and O–H groups in total. The zero-order chi connectivity index (χ0) is 13.9. The lowest BCUT2D eigenvalue weighted by Gasteiger charge is -2.02. The van der Waals surface area contributed by atoms with Crippen molar-refractivity contribution in [2.24, 2.45) is 5.73 Å². The summed E-state index contributed by atoms with van der Waals surface area (Å²) < 4.78 is 4.89. The molecule has 0 saturated heterocycles. The van der Waals surface area contributed by atoms with Gasteiger partial charge in [-0.2, -0.15) is 0 Å². The molecule has 0 aliphatic heterocycles. The minimum absolute atomic E-state index is 0.241. The number of aromatic nitrogens is 2. The normalized spacial score (nSPS) is 10.8. The number of amides is 1. The lowest BCUT2D eigenvalue weighted by atomic mass is 10.1. The first-order valence-corrected chi connectivity index (χ1v) is 7.72. The van der Waals surface area contributed by atoms with Crippen LogP contribution in [0.2, 0.25) is 0 Å². The lowest BCUT2D eigenvalue weighted by molar-refractivity contribution is -0.115. The third-order valence-electron chi connectivity index (χ3n) is 2.83. The molecule has 4 nitrogen and oxygen atoms in total. The molecular weight excluding hydrogens is 290 g/mol. The van der Waals surface area contributed by atoms with Crippen LogP contribution in [0.4, 0.5) is 0 Å². The minimum atomic E-state index is -0.340. The number of nitrogens with zero attached hydrogens (tertiary/aromatic N) is 2. The van der Waals surface area contributed by atoms with Gasteiger partial charge in [0.1, 0.15) is 9.90 Å². The van der Waals surface area contributed by atoms with Crippen molar-refractivity contribution in [1.29, 1.82) is 0 Å². The topological polar surface area (TPSA) is 68.9 Å². The summed E-state index contributed by atoms with van der Waals surface area (Å²) in [6, 6.07) is 14.3. The van der Waals surface area contributed by atoms with Crippen molar-refractivity contribution in [3.8, 4) is 11.3 Å². The van der Waals surface area contributed by atoms with E-state index in [9.17, 15) is 4.79 Å². The molecule has 3 rings (SSSR count). The van der Waals surface area contributed by atoms with E-state index in [1.807, 2.05) is 18.2 Å². The molecule has 0 atom stereocenters. The standard InChI is InChI=1S/C14H11N3OS2/c15-12(18)8-19-14-13(16-17-20-14)11-6-5-9-3-1-2-4-10(9)7-11/h1-7H,8H2,(H2,15,18). The molecule has 2 aromatic carbocycles. The Morgan fingerprint density at radius 2 is 2.00 bits per heavy atom. The molecule has 3 aromatic rings. The SMILES string of the molecule is NC(=O)CSc1snnc1-c1ccc2ccccc2c1. The molecule has 0 spiro atoms. The van der Waals surface area contributed by atoms with Gasteiger partial charge >= 0.3 is 0 Å². The predicted octanol–water partition coefficient (Wildman–Crippen LogP) is 2.94. The summed E-state index contributed by atoms with van der Waals surface area (Å²) in [5, 5.41) is 6.51. The zero-order valence-corrected chi connectivity index (χ0v) is 12.1. The van der Waals surface area contributed by atoms with Crippen molar-refractivity contribution in [3.63, 3.8) is 0 Å². The van der Waals surface area contributed by atoms with E-state index in [4.69, 9.17) is 5.73 Å². The largest absolute Gasteiger partial charge is 0.369 e. The van der Waals surface area contributed by atoms with Crippen LogP contribution in [0.1, 0.15) is 0 Å². The molecule has 0 fully saturated rings. The molecule has 0 saturated carbocycles. The molecule has 100 valence electrons. The van der Waals surface area contributed by atoms with Gasteiger partial charge < -0.3 is 5.73 Å². The summed E-state index contributed by atoms with van der Waals surface area (Å²) in [6.07, 6.45) is 0. The van der Waals surface area contributed by atoms with Gasteiger partial charge in [0.05, 0.1) is 5.75 Å². The maximum Gasteiger partial charge on any atom is 0.227 e. The van der Waals surface area contributed by atoms with Crippen molar-refractivity contribution in [3.05, 3.63) is 42.5 Å². The van der Waals surface area contributed by atoms with Crippen molar-refractivity contribution in [2.45, 2.75) is 4.21 Å². The highest BCUT2D eigenvalue weighted by molar-refractivity contribution is 8.01. The monoisotopic (exact) mass is 301 g/mol. The maximum absolute atomic E-state index is 10.9. The van der Waals surface area contributed by atoms with Crippen LogP contribution in [0.5, 0.6) is 0 Å². The molecular formula is C14H11N3OS2. The second-order valence-electron chi connectivity index (χ2n) is 4.23. The molecule has 6 heteroatoms. The van der Waals surface area contributed by atoms with Gasteiger partial charge in [-0.1, -0.05) is 40.9 Å². The predicted molar refractivity (Wildman–Crippen MR) is 82.8 cm³/mol. The highest BCUT2D eigenvalue weighted by Gasteiger charge is 2.12. The molecule has 0 aliphatic rings. The van der Waals surface area contributed by atoms with Crippen LogP contribution in [0.25, 0.3) is 22.0 Å². The van der Waals surface area contributed by atoms with Crippen LogP contribution >= 0.6 is 23.3 Å². The van der Waals surface area contributed by atoms with Crippen molar-refractivity contribution in [2.75, 3.05) is 5.75 Å². The molecule has 1 heterocycles. The molecule has 1 amide bonds. The van der Waals surface area contributed by atoms with E-state index < -0.39 is 0 Å².